The van der Waals surface area contributed by atoms with Crippen molar-refractivity contribution in [3.05, 3.63) is 84.0 Å². The molecule has 3 fully saturated rings. The fraction of sp³-hybridized carbons (Fsp3) is 0.375. The van der Waals surface area contributed by atoms with Gasteiger partial charge < -0.3 is 5.11 Å². The van der Waals surface area contributed by atoms with Crippen LogP contribution < -0.4 is 4.90 Å². The second-order valence-corrected chi connectivity index (χ2v) is 11.3. The molecule has 7 heteroatoms. The molecular weight excluding hydrogens is 492 g/mol. The molecule has 6 rings (SSSR count). The smallest absolute Gasteiger partial charge is 0.241 e. The average molecular weight is 525 g/mol. The number of fused-ring (bicyclic) bond motifs is 4. The number of amides is 4. The first-order valence-electron chi connectivity index (χ1n) is 13.7. The van der Waals surface area contributed by atoms with Crippen molar-refractivity contribution >= 4 is 29.3 Å². The van der Waals surface area contributed by atoms with Crippen LogP contribution >= 0.6 is 0 Å². The second-order valence-electron chi connectivity index (χ2n) is 11.3. The van der Waals surface area contributed by atoms with Gasteiger partial charge in [0.05, 0.1) is 28.9 Å². The molecule has 1 saturated carbocycles. The van der Waals surface area contributed by atoms with Crippen molar-refractivity contribution in [1.82, 2.24) is 4.90 Å². The SMILES string of the molecule is C=CCc1cccc(C2C3=CCC4C(=O)N(CC)C(=O)C4C3CC3C(=O)N(c4ccccc4)C(=O)C32C)c1O. The minimum Gasteiger partial charge on any atom is -0.507 e. The molecule has 0 spiro atoms. The third-order valence-corrected chi connectivity index (χ3v) is 9.52. The van der Waals surface area contributed by atoms with Gasteiger partial charge in [-0.05, 0) is 56.7 Å². The molecule has 2 aromatic carbocycles. The zero-order valence-electron chi connectivity index (χ0n) is 22.2. The number of para-hydroxylation sites is 2. The molecule has 6 atom stereocenters. The first-order chi connectivity index (χ1) is 18.7. The van der Waals surface area contributed by atoms with Crippen molar-refractivity contribution in [3.63, 3.8) is 0 Å². The molecule has 6 unspecified atom stereocenters. The van der Waals surface area contributed by atoms with E-state index in [1.807, 2.05) is 37.3 Å². The number of hydrogen-bond acceptors (Lipinski definition) is 5. The Hall–Kier alpha value is -4.00. The Balaban J connectivity index is 1.56. The Labute approximate surface area is 227 Å². The van der Waals surface area contributed by atoms with Crippen LogP contribution in [0.4, 0.5) is 5.69 Å². The number of anilines is 1. The summed E-state index contributed by atoms with van der Waals surface area (Å²) in [5.41, 5.74) is 1.45. The number of allylic oxidation sites excluding steroid dienone is 3. The average Bonchev–Trinajstić information content (AvgIpc) is 3.30. The number of phenolic OH excluding ortho intramolecular Hbond substituents is 1. The van der Waals surface area contributed by atoms with Gasteiger partial charge in [0.15, 0.2) is 0 Å². The van der Waals surface area contributed by atoms with Gasteiger partial charge in [-0.3, -0.25) is 24.1 Å². The lowest BCUT2D eigenvalue weighted by Crippen LogP contribution is -2.49. The van der Waals surface area contributed by atoms with E-state index < -0.39 is 29.1 Å². The summed E-state index contributed by atoms with van der Waals surface area (Å²) in [4.78, 5) is 57.7. The van der Waals surface area contributed by atoms with Crippen LogP contribution in [0.5, 0.6) is 5.75 Å². The van der Waals surface area contributed by atoms with Gasteiger partial charge in [0.25, 0.3) is 0 Å². The lowest BCUT2D eigenvalue weighted by molar-refractivity contribution is -0.140. The summed E-state index contributed by atoms with van der Waals surface area (Å²) in [5, 5.41) is 11.5. The van der Waals surface area contributed by atoms with Crippen LogP contribution in [0.2, 0.25) is 0 Å². The molecule has 2 heterocycles. The van der Waals surface area contributed by atoms with Crippen molar-refractivity contribution in [2.24, 2.45) is 29.1 Å². The van der Waals surface area contributed by atoms with E-state index in [9.17, 15) is 24.3 Å². The molecule has 7 nitrogen and oxygen atoms in total. The minimum absolute atomic E-state index is 0.0773. The second kappa shape index (κ2) is 9.04. The molecule has 0 radical (unpaired) electrons. The summed E-state index contributed by atoms with van der Waals surface area (Å²) in [7, 11) is 0. The zero-order chi connectivity index (χ0) is 27.6. The number of imide groups is 2. The number of hydrogen-bond donors (Lipinski definition) is 1. The number of likely N-dealkylation sites (tertiary alicyclic amines) is 1. The molecule has 0 bridgehead atoms. The Bertz CT molecular complexity index is 1450. The van der Waals surface area contributed by atoms with Crippen LogP contribution in [-0.4, -0.2) is 40.2 Å². The summed E-state index contributed by atoms with van der Waals surface area (Å²) >= 11 is 0. The van der Waals surface area contributed by atoms with Gasteiger partial charge in [0.2, 0.25) is 23.6 Å². The summed E-state index contributed by atoms with van der Waals surface area (Å²) in [6.07, 6.45) is 4.86. The van der Waals surface area contributed by atoms with Gasteiger partial charge in [0, 0.05) is 18.0 Å². The molecule has 2 aromatic rings. The first kappa shape index (κ1) is 25.3. The molecule has 0 aromatic heterocycles. The topological polar surface area (TPSA) is 95.0 Å². The van der Waals surface area contributed by atoms with Crippen LogP contribution in [-0.2, 0) is 25.6 Å². The number of aromatic hydroxyl groups is 1. The molecule has 39 heavy (non-hydrogen) atoms. The molecule has 1 N–H and O–H groups in total. The highest BCUT2D eigenvalue weighted by Gasteiger charge is 2.67. The van der Waals surface area contributed by atoms with E-state index in [4.69, 9.17) is 0 Å². The Morgan fingerprint density at radius 1 is 1.00 bits per heavy atom. The van der Waals surface area contributed by atoms with Crippen LogP contribution in [0.15, 0.2) is 72.8 Å². The van der Waals surface area contributed by atoms with E-state index in [-0.39, 0.29) is 35.3 Å². The van der Waals surface area contributed by atoms with E-state index in [0.29, 0.717) is 42.6 Å². The Kier molecular flexibility index (Phi) is 5.86. The van der Waals surface area contributed by atoms with Crippen molar-refractivity contribution in [3.8, 4) is 5.75 Å². The normalized spacial score (nSPS) is 31.6. The van der Waals surface area contributed by atoms with Gasteiger partial charge in [-0.15, -0.1) is 6.58 Å². The van der Waals surface area contributed by atoms with Gasteiger partial charge in [0.1, 0.15) is 5.75 Å². The number of carbonyl (C=O) groups is 4. The third kappa shape index (κ3) is 3.35. The van der Waals surface area contributed by atoms with Crippen LogP contribution in [0.1, 0.15) is 43.7 Å². The molecule has 4 aliphatic rings. The van der Waals surface area contributed by atoms with Gasteiger partial charge in [-0.1, -0.05) is 54.1 Å². The lowest BCUT2D eigenvalue weighted by Gasteiger charge is -2.49. The summed E-state index contributed by atoms with van der Waals surface area (Å²) in [6.45, 7) is 7.73. The quantitative estimate of drug-likeness (QED) is 0.463. The highest BCUT2D eigenvalue weighted by atomic mass is 16.3. The van der Waals surface area contributed by atoms with Crippen molar-refractivity contribution in [2.75, 3.05) is 11.4 Å². The maximum atomic E-state index is 14.3. The zero-order valence-corrected chi connectivity index (χ0v) is 22.2. The Morgan fingerprint density at radius 3 is 2.44 bits per heavy atom. The maximum Gasteiger partial charge on any atom is 0.241 e. The largest absolute Gasteiger partial charge is 0.507 e. The molecule has 2 aliphatic carbocycles. The number of benzene rings is 2. The Morgan fingerprint density at radius 2 is 1.74 bits per heavy atom. The summed E-state index contributed by atoms with van der Waals surface area (Å²) < 4.78 is 0. The lowest BCUT2D eigenvalue weighted by atomic mass is 9.51. The van der Waals surface area contributed by atoms with E-state index in [1.165, 1.54) is 9.80 Å². The van der Waals surface area contributed by atoms with Gasteiger partial charge in [-0.2, -0.15) is 0 Å². The fourth-order valence-electron chi connectivity index (χ4n) is 7.72. The van der Waals surface area contributed by atoms with E-state index in [2.05, 4.69) is 6.58 Å². The van der Waals surface area contributed by atoms with E-state index in [1.54, 1.807) is 37.3 Å². The standard InChI is InChI=1S/C32H32N2O5/c1-4-10-18-11-9-14-22(27(18)35)26-20-15-16-21-25(30(38)33(5-2)28(21)36)23(20)17-24-29(37)34(31(39)32(24,26)3)19-12-7-6-8-13-19/h4,6-9,11-15,21,23-26,35H,1,5,10,16-17H2,2-3H3. The number of nitrogens with zero attached hydrogens (tertiary/aromatic N) is 2. The van der Waals surface area contributed by atoms with Crippen molar-refractivity contribution in [2.45, 2.75) is 39.0 Å². The fourth-order valence-corrected chi connectivity index (χ4v) is 7.72. The third-order valence-electron chi connectivity index (χ3n) is 9.52. The van der Waals surface area contributed by atoms with Crippen LogP contribution in [0.25, 0.3) is 0 Å². The number of rotatable bonds is 5. The summed E-state index contributed by atoms with van der Waals surface area (Å²) in [5.74, 6) is -3.66. The molecule has 4 amide bonds. The molecule has 2 saturated heterocycles. The van der Waals surface area contributed by atoms with E-state index in [0.717, 1.165) is 5.57 Å². The summed E-state index contributed by atoms with van der Waals surface area (Å²) in [6, 6.07) is 14.4. The highest BCUT2D eigenvalue weighted by Crippen LogP contribution is 2.64. The minimum atomic E-state index is -1.18. The predicted octanol–water partition coefficient (Wildman–Crippen LogP) is 4.37. The monoisotopic (exact) mass is 524 g/mol. The van der Waals surface area contributed by atoms with Crippen molar-refractivity contribution in [1.29, 1.82) is 0 Å². The molecule has 200 valence electrons. The van der Waals surface area contributed by atoms with Gasteiger partial charge >= 0.3 is 0 Å². The predicted molar refractivity (Wildman–Crippen MR) is 145 cm³/mol. The molecular formula is C32H32N2O5. The van der Waals surface area contributed by atoms with Crippen LogP contribution in [0.3, 0.4) is 0 Å². The first-order valence-corrected chi connectivity index (χ1v) is 13.7. The van der Waals surface area contributed by atoms with E-state index >= 15 is 0 Å². The van der Waals surface area contributed by atoms with Crippen LogP contribution in [0, 0.1) is 29.1 Å². The number of phenols is 1. The van der Waals surface area contributed by atoms with Gasteiger partial charge in [-0.25, -0.2) is 4.90 Å². The maximum absolute atomic E-state index is 14.3. The highest BCUT2D eigenvalue weighted by molar-refractivity contribution is 6.24. The van der Waals surface area contributed by atoms with Crippen molar-refractivity contribution < 1.29 is 24.3 Å². The molecule has 2 aliphatic heterocycles. The number of carbonyl (C=O) groups excluding carboxylic acids is 4.